The molecule has 0 aromatic carbocycles. The number of morpholine rings is 1. The van der Waals surface area contributed by atoms with Crippen molar-refractivity contribution < 1.29 is 27.8 Å². The lowest BCUT2D eigenvalue weighted by Gasteiger charge is -2.37. The molecule has 3 aliphatic rings. The molecule has 0 bridgehead atoms. The van der Waals surface area contributed by atoms with Crippen LogP contribution < -0.4 is 0 Å². The van der Waals surface area contributed by atoms with Crippen molar-refractivity contribution in [2.75, 3.05) is 39.5 Å². The van der Waals surface area contributed by atoms with E-state index >= 15 is 4.39 Å². The summed E-state index contributed by atoms with van der Waals surface area (Å²) in [5.74, 6) is -0.780. The first-order valence-electron chi connectivity index (χ1n) is 10.2. The number of rotatable bonds is 5. The fourth-order valence-electron chi connectivity index (χ4n) is 3.45. The van der Waals surface area contributed by atoms with E-state index in [2.05, 4.69) is 33.9 Å². The number of halogens is 1. The van der Waals surface area contributed by atoms with Crippen LogP contribution in [-0.4, -0.2) is 76.8 Å². The van der Waals surface area contributed by atoms with Gasteiger partial charge in [-0.2, -0.15) is 0 Å². The highest BCUT2D eigenvalue weighted by Gasteiger charge is 2.55. The molecule has 0 amide bonds. The smallest absolute Gasteiger partial charge is 0.192 e. The van der Waals surface area contributed by atoms with Gasteiger partial charge in [-0.25, -0.2) is 4.39 Å². The maximum Gasteiger partial charge on any atom is 0.192 e. The van der Waals surface area contributed by atoms with Crippen molar-refractivity contribution in [3.8, 4) is 0 Å². The van der Waals surface area contributed by atoms with Gasteiger partial charge in [0, 0.05) is 13.1 Å². The van der Waals surface area contributed by atoms with Gasteiger partial charge >= 0.3 is 0 Å². The van der Waals surface area contributed by atoms with Crippen LogP contribution in [-0.2, 0) is 23.4 Å². The first kappa shape index (κ1) is 22.2. The lowest BCUT2D eigenvalue weighted by Crippen LogP contribution is -2.44. The molecule has 0 aromatic heterocycles. The van der Waals surface area contributed by atoms with Crippen LogP contribution in [0.4, 0.5) is 4.39 Å². The highest BCUT2D eigenvalue weighted by Crippen LogP contribution is 2.43. The fourth-order valence-corrected chi connectivity index (χ4v) is 4.46. The molecule has 8 heteroatoms. The highest BCUT2D eigenvalue weighted by molar-refractivity contribution is 6.74. The number of nitrogens with zero attached hydrogens (tertiary/aromatic N) is 1. The maximum absolute atomic E-state index is 15.1. The van der Waals surface area contributed by atoms with E-state index in [9.17, 15) is 0 Å². The van der Waals surface area contributed by atoms with E-state index in [1.807, 2.05) is 18.7 Å². The lowest BCUT2D eigenvalue weighted by atomic mass is 10.1. The lowest BCUT2D eigenvalue weighted by molar-refractivity contribution is -0.169. The molecule has 3 atom stereocenters. The molecule has 162 valence electrons. The van der Waals surface area contributed by atoms with Crippen molar-refractivity contribution in [3.63, 3.8) is 0 Å². The summed E-state index contributed by atoms with van der Waals surface area (Å²) in [5.41, 5.74) is 0. The Labute approximate surface area is 169 Å². The summed E-state index contributed by atoms with van der Waals surface area (Å²) < 4.78 is 44.9. The molecule has 3 heterocycles. The average molecular weight is 418 g/mol. The van der Waals surface area contributed by atoms with Crippen LogP contribution in [0, 0.1) is 0 Å². The predicted molar refractivity (Wildman–Crippen MR) is 107 cm³/mol. The topological polar surface area (TPSA) is 49.4 Å². The zero-order valence-electron chi connectivity index (χ0n) is 18.3. The van der Waals surface area contributed by atoms with Gasteiger partial charge in [-0.1, -0.05) is 20.8 Å². The van der Waals surface area contributed by atoms with Crippen molar-refractivity contribution in [3.05, 3.63) is 11.6 Å². The summed E-state index contributed by atoms with van der Waals surface area (Å²) in [7, 11) is -1.94. The molecule has 6 nitrogen and oxygen atoms in total. The van der Waals surface area contributed by atoms with Crippen molar-refractivity contribution >= 4 is 8.32 Å². The molecule has 0 unspecified atom stereocenters. The molecular formula is C20H36FNO5Si. The Kier molecular flexibility index (Phi) is 6.31. The van der Waals surface area contributed by atoms with Gasteiger partial charge in [0.2, 0.25) is 0 Å². The Bertz CT molecular complexity index is 598. The van der Waals surface area contributed by atoms with Crippen LogP contribution in [0.15, 0.2) is 11.6 Å². The summed E-state index contributed by atoms with van der Waals surface area (Å²) in [6.45, 7) is 18.0. The SMILES string of the molecule is CC1(C)O[C@@H]2[C@@H](CO[Si](C)(C)C(C)(C)C)OC(=C(F)CN3CCOCC3)[C@@H]2O1. The molecule has 3 aliphatic heterocycles. The van der Waals surface area contributed by atoms with Gasteiger partial charge in [0.1, 0.15) is 12.2 Å². The maximum atomic E-state index is 15.1. The Morgan fingerprint density at radius 1 is 1.21 bits per heavy atom. The first-order valence-corrected chi connectivity index (χ1v) is 13.2. The highest BCUT2D eigenvalue weighted by atomic mass is 28.4. The van der Waals surface area contributed by atoms with E-state index in [1.54, 1.807) is 0 Å². The molecule has 3 fully saturated rings. The van der Waals surface area contributed by atoms with Gasteiger partial charge < -0.3 is 23.4 Å². The minimum absolute atomic E-state index is 0.0948. The second-order valence-corrected chi connectivity index (χ2v) is 14.7. The number of fused-ring (bicyclic) bond motifs is 1. The molecule has 3 rings (SSSR count). The molecule has 0 spiro atoms. The van der Waals surface area contributed by atoms with Gasteiger partial charge in [-0.05, 0) is 32.0 Å². The third-order valence-electron chi connectivity index (χ3n) is 6.18. The Hall–Kier alpha value is -0.513. The van der Waals surface area contributed by atoms with Crippen molar-refractivity contribution in [2.24, 2.45) is 0 Å². The third kappa shape index (κ3) is 4.79. The van der Waals surface area contributed by atoms with E-state index in [0.717, 1.165) is 13.1 Å². The number of ether oxygens (including phenoxy) is 4. The van der Waals surface area contributed by atoms with Crippen LogP contribution in [0.2, 0.25) is 18.1 Å². The van der Waals surface area contributed by atoms with Gasteiger partial charge in [-0.3, -0.25) is 4.90 Å². The summed E-state index contributed by atoms with van der Waals surface area (Å²) in [4.78, 5) is 2.03. The molecular weight excluding hydrogens is 381 g/mol. The van der Waals surface area contributed by atoms with E-state index in [1.165, 1.54) is 0 Å². The quantitative estimate of drug-likeness (QED) is 0.639. The van der Waals surface area contributed by atoms with Crippen LogP contribution in [0.1, 0.15) is 34.6 Å². The molecule has 0 aromatic rings. The van der Waals surface area contributed by atoms with Crippen LogP contribution in [0.25, 0.3) is 0 Å². The summed E-state index contributed by atoms with van der Waals surface area (Å²) >= 11 is 0. The molecule has 0 saturated carbocycles. The number of hydrogen-bond donors (Lipinski definition) is 0. The fraction of sp³-hybridized carbons (Fsp3) is 0.900. The molecule has 0 radical (unpaired) electrons. The normalized spacial score (nSPS) is 32.9. The minimum atomic E-state index is -1.94. The van der Waals surface area contributed by atoms with Gasteiger partial charge in [0.25, 0.3) is 0 Å². The Balaban J connectivity index is 1.73. The second kappa shape index (κ2) is 7.96. The zero-order valence-corrected chi connectivity index (χ0v) is 19.3. The Morgan fingerprint density at radius 3 is 2.46 bits per heavy atom. The van der Waals surface area contributed by atoms with Crippen molar-refractivity contribution in [1.29, 1.82) is 0 Å². The standard InChI is InChI=1S/C20H36FNO5Si/c1-19(2,3)28(6,7)24-13-15-17-18(27-20(4,5)26-17)16(25-15)14(21)12-22-8-10-23-11-9-22/h15,17-18H,8-13H2,1-7H3/t15-,17-,18+/m1/s1. The Morgan fingerprint density at radius 2 is 1.86 bits per heavy atom. The number of hydrogen-bond acceptors (Lipinski definition) is 6. The van der Waals surface area contributed by atoms with Gasteiger partial charge in [0.15, 0.2) is 31.8 Å². The predicted octanol–water partition coefficient (Wildman–Crippen LogP) is 3.44. The molecule has 0 aliphatic carbocycles. The third-order valence-corrected chi connectivity index (χ3v) is 10.7. The van der Waals surface area contributed by atoms with Crippen molar-refractivity contribution in [2.45, 2.75) is 76.8 Å². The van der Waals surface area contributed by atoms with Crippen molar-refractivity contribution in [1.82, 2.24) is 4.90 Å². The van der Waals surface area contributed by atoms with Gasteiger partial charge in [-0.15, -0.1) is 0 Å². The first-order chi connectivity index (χ1) is 12.9. The average Bonchev–Trinajstić information content (AvgIpc) is 3.06. The molecule has 3 saturated heterocycles. The van der Waals surface area contributed by atoms with Crippen LogP contribution in [0.3, 0.4) is 0 Å². The zero-order chi connectivity index (χ0) is 20.7. The summed E-state index contributed by atoms with van der Waals surface area (Å²) in [6.07, 6.45) is -1.25. The monoisotopic (exact) mass is 417 g/mol. The molecule has 0 N–H and O–H groups in total. The largest absolute Gasteiger partial charge is 0.484 e. The van der Waals surface area contributed by atoms with Crippen LogP contribution in [0.5, 0.6) is 0 Å². The molecule has 28 heavy (non-hydrogen) atoms. The van der Waals surface area contributed by atoms with E-state index in [-0.39, 0.29) is 35.4 Å². The van der Waals surface area contributed by atoms with E-state index < -0.39 is 20.2 Å². The minimum Gasteiger partial charge on any atom is -0.484 e. The summed E-state index contributed by atoms with van der Waals surface area (Å²) in [6, 6.07) is 0. The van der Waals surface area contributed by atoms with E-state index in [4.69, 9.17) is 23.4 Å². The second-order valence-electron chi connectivity index (χ2n) is 9.91. The van der Waals surface area contributed by atoms with Crippen LogP contribution >= 0.6 is 0 Å². The summed E-state index contributed by atoms with van der Waals surface area (Å²) in [5, 5.41) is 0.0948. The van der Waals surface area contributed by atoms with Gasteiger partial charge in [0.05, 0.1) is 26.4 Å². The van der Waals surface area contributed by atoms with E-state index in [0.29, 0.717) is 19.8 Å².